The van der Waals surface area contributed by atoms with Gasteiger partial charge in [-0.3, -0.25) is 0 Å². The summed E-state index contributed by atoms with van der Waals surface area (Å²) in [6.45, 7) is 13.7. The molecule has 1 fully saturated rings. The molecule has 1 aliphatic carbocycles. The summed E-state index contributed by atoms with van der Waals surface area (Å²) in [4.78, 5) is 0. The molecular weight excluding hydrogens is 242 g/mol. The van der Waals surface area contributed by atoms with Gasteiger partial charge < -0.3 is 5.32 Å². The number of rotatable bonds is 6. The van der Waals surface area contributed by atoms with E-state index in [4.69, 9.17) is 0 Å². The van der Waals surface area contributed by atoms with E-state index in [0.717, 1.165) is 24.9 Å². The van der Waals surface area contributed by atoms with Gasteiger partial charge in [0.1, 0.15) is 0 Å². The Hall–Kier alpha value is -0.820. The van der Waals surface area contributed by atoms with Gasteiger partial charge in [0.25, 0.3) is 0 Å². The predicted octanol–water partition coefficient (Wildman–Crippen LogP) is 4.72. The van der Waals surface area contributed by atoms with Gasteiger partial charge in [0.15, 0.2) is 0 Å². The van der Waals surface area contributed by atoms with Crippen LogP contribution >= 0.6 is 0 Å². The number of hydrogen-bond acceptors (Lipinski definition) is 1. The van der Waals surface area contributed by atoms with Gasteiger partial charge in [0.2, 0.25) is 0 Å². The molecule has 1 saturated carbocycles. The minimum Gasteiger partial charge on any atom is -0.316 e. The minimum atomic E-state index is 0.389. The molecule has 0 atom stereocenters. The average Bonchev–Trinajstić information content (AvgIpc) is 2.37. The fourth-order valence-electron chi connectivity index (χ4n) is 3.48. The van der Waals surface area contributed by atoms with Crippen molar-refractivity contribution in [1.29, 1.82) is 0 Å². The van der Waals surface area contributed by atoms with Gasteiger partial charge in [-0.2, -0.15) is 0 Å². The molecule has 0 saturated heterocycles. The first kappa shape index (κ1) is 15.6. The summed E-state index contributed by atoms with van der Waals surface area (Å²) in [5.74, 6) is 2.34. The first-order valence-corrected chi connectivity index (χ1v) is 8.29. The summed E-state index contributed by atoms with van der Waals surface area (Å²) < 4.78 is 0. The highest BCUT2D eigenvalue weighted by Gasteiger charge is 2.45. The van der Waals surface area contributed by atoms with Crippen LogP contribution in [0, 0.1) is 11.8 Å². The van der Waals surface area contributed by atoms with E-state index in [1.54, 1.807) is 5.56 Å². The molecule has 0 radical (unpaired) electrons. The Kier molecular flexibility index (Phi) is 4.90. The molecule has 1 nitrogen and oxygen atoms in total. The van der Waals surface area contributed by atoms with Crippen molar-refractivity contribution in [1.82, 2.24) is 5.32 Å². The molecule has 1 aliphatic rings. The summed E-state index contributed by atoms with van der Waals surface area (Å²) in [6.07, 6.45) is 2.69. The lowest BCUT2D eigenvalue weighted by molar-refractivity contribution is 0.0982. The summed E-state index contributed by atoms with van der Waals surface area (Å²) in [7, 11) is 0. The highest BCUT2D eigenvalue weighted by atomic mass is 14.9. The standard InChI is InChI=1S/C19H31N/c1-6-20-13-19(11-17(12-19)15(4)5)18-9-7-16(8-10-18)14(2)3/h7-10,14-15,17,20H,6,11-13H2,1-5H3. The highest BCUT2D eigenvalue weighted by Crippen LogP contribution is 2.50. The van der Waals surface area contributed by atoms with Crippen LogP contribution in [0.15, 0.2) is 24.3 Å². The fraction of sp³-hybridized carbons (Fsp3) is 0.684. The Morgan fingerprint density at radius 3 is 2.15 bits per heavy atom. The lowest BCUT2D eigenvalue weighted by atomic mass is 9.55. The second-order valence-electron chi connectivity index (χ2n) is 7.25. The molecule has 1 N–H and O–H groups in total. The topological polar surface area (TPSA) is 12.0 Å². The average molecular weight is 273 g/mol. The summed E-state index contributed by atoms with van der Waals surface area (Å²) in [5.41, 5.74) is 3.38. The van der Waals surface area contributed by atoms with Crippen LogP contribution in [0.2, 0.25) is 0 Å². The fourth-order valence-corrected chi connectivity index (χ4v) is 3.48. The first-order chi connectivity index (χ1) is 9.48. The Labute approximate surface area is 125 Å². The van der Waals surface area contributed by atoms with E-state index >= 15 is 0 Å². The SMILES string of the molecule is CCNCC1(c2ccc(C(C)C)cc2)CC(C(C)C)C1. The molecule has 1 aromatic rings. The van der Waals surface area contributed by atoms with E-state index in [-0.39, 0.29) is 0 Å². The van der Waals surface area contributed by atoms with E-state index in [9.17, 15) is 0 Å². The van der Waals surface area contributed by atoms with Gasteiger partial charge in [0.05, 0.1) is 0 Å². The highest BCUT2D eigenvalue weighted by molar-refractivity contribution is 5.33. The summed E-state index contributed by atoms with van der Waals surface area (Å²) in [5, 5.41) is 3.59. The van der Waals surface area contributed by atoms with Crippen molar-refractivity contribution in [3.05, 3.63) is 35.4 Å². The maximum Gasteiger partial charge on any atom is 0.00832 e. The number of hydrogen-bond donors (Lipinski definition) is 1. The molecule has 20 heavy (non-hydrogen) atoms. The van der Waals surface area contributed by atoms with Crippen LogP contribution in [0.5, 0.6) is 0 Å². The Morgan fingerprint density at radius 2 is 1.70 bits per heavy atom. The molecule has 1 aromatic carbocycles. The largest absolute Gasteiger partial charge is 0.316 e. The molecule has 0 bridgehead atoms. The van der Waals surface area contributed by atoms with Crippen LogP contribution in [-0.2, 0) is 5.41 Å². The van der Waals surface area contributed by atoms with Crippen LogP contribution in [0.25, 0.3) is 0 Å². The number of nitrogens with one attached hydrogen (secondary N) is 1. The van der Waals surface area contributed by atoms with Gasteiger partial charge >= 0.3 is 0 Å². The molecule has 0 aliphatic heterocycles. The van der Waals surface area contributed by atoms with Crippen molar-refractivity contribution in [2.75, 3.05) is 13.1 Å². The maximum absolute atomic E-state index is 3.59. The third kappa shape index (κ3) is 3.09. The normalized spacial score (nSPS) is 26.1. The van der Waals surface area contributed by atoms with Crippen molar-refractivity contribution in [2.24, 2.45) is 11.8 Å². The van der Waals surface area contributed by atoms with Crippen molar-refractivity contribution in [2.45, 2.75) is 58.8 Å². The zero-order valence-electron chi connectivity index (χ0n) is 13.9. The van der Waals surface area contributed by atoms with E-state index in [1.807, 2.05) is 0 Å². The van der Waals surface area contributed by atoms with Crippen molar-refractivity contribution >= 4 is 0 Å². The van der Waals surface area contributed by atoms with Gasteiger partial charge in [-0.05, 0) is 48.3 Å². The predicted molar refractivity (Wildman–Crippen MR) is 88.3 cm³/mol. The molecule has 0 heterocycles. The number of benzene rings is 1. The zero-order valence-corrected chi connectivity index (χ0v) is 13.9. The van der Waals surface area contributed by atoms with Crippen molar-refractivity contribution in [3.8, 4) is 0 Å². The van der Waals surface area contributed by atoms with E-state index in [2.05, 4.69) is 64.2 Å². The van der Waals surface area contributed by atoms with Gasteiger partial charge in [0, 0.05) is 12.0 Å². The smallest absolute Gasteiger partial charge is 0.00832 e. The minimum absolute atomic E-state index is 0.389. The molecular formula is C19H31N. The van der Waals surface area contributed by atoms with Gasteiger partial charge in [-0.15, -0.1) is 0 Å². The Bertz CT molecular complexity index is 410. The third-order valence-corrected chi connectivity index (χ3v) is 5.15. The molecule has 1 heteroatoms. The molecule has 112 valence electrons. The third-order valence-electron chi connectivity index (χ3n) is 5.15. The van der Waals surface area contributed by atoms with Crippen LogP contribution in [0.3, 0.4) is 0 Å². The van der Waals surface area contributed by atoms with Gasteiger partial charge in [-0.25, -0.2) is 0 Å². The van der Waals surface area contributed by atoms with Crippen molar-refractivity contribution < 1.29 is 0 Å². The first-order valence-electron chi connectivity index (χ1n) is 8.29. The second kappa shape index (κ2) is 6.30. The lowest BCUT2D eigenvalue weighted by Gasteiger charge is -2.50. The Balaban J connectivity index is 2.15. The molecule has 0 spiro atoms. The quantitative estimate of drug-likeness (QED) is 0.790. The summed E-state index contributed by atoms with van der Waals surface area (Å²) in [6, 6.07) is 9.42. The van der Waals surface area contributed by atoms with Crippen LogP contribution in [0.1, 0.15) is 64.5 Å². The molecule has 0 aromatic heterocycles. The Morgan fingerprint density at radius 1 is 1.10 bits per heavy atom. The van der Waals surface area contributed by atoms with E-state index < -0.39 is 0 Å². The number of likely N-dealkylation sites (N-methyl/N-ethyl adjacent to an activating group) is 1. The van der Waals surface area contributed by atoms with Crippen LogP contribution in [0.4, 0.5) is 0 Å². The monoisotopic (exact) mass is 273 g/mol. The lowest BCUT2D eigenvalue weighted by Crippen LogP contribution is -2.50. The zero-order chi connectivity index (χ0) is 14.8. The second-order valence-corrected chi connectivity index (χ2v) is 7.25. The summed E-state index contributed by atoms with van der Waals surface area (Å²) >= 11 is 0. The van der Waals surface area contributed by atoms with Crippen molar-refractivity contribution in [3.63, 3.8) is 0 Å². The van der Waals surface area contributed by atoms with Crippen LogP contribution < -0.4 is 5.32 Å². The molecule has 0 unspecified atom stereocenters. The van der Waals surface area contributed by atoms with Gasteiger partial charge in [-0.1, -0.05) is 58.9 Å². The molecule has 0 amide bonds. The maximum atomic E-state index is 3.59. The van der Waals surface area contributed by atoms with E-state index in [1.165, 1.54) is 18.4 Å². The molecule has 2 rings (SSSR count). The van der Waals surface area contributed by atoms with E-state index in [0.29, 0.717) is 11.3 Å². The van der Waals surface area contributed by atoms with Crippen LogP contribution in [-0.4, -0.2) is 13.1 Å².